The van der Waals surface area contributed by atoms with Crippen LogP contribution in [-0.4, -0.2) is 23.5 Å². The van der Waals surface area contributed by atoms with Crippen molar-refractivity contribution in [1.29, 1.82) is 5.26 Å². The Morgan fingerprint density at radius 3 is 2.67 bits per heavy atom. The highest BCUT2D eigenvalue weighted by Gasteiger charge is 2.36. The van der Waals surface area contributed by atoms with Crippen molar-refractivity contribution in [3.05, 3.63) is 76.4 Å². The van der Waals surface area contributed by atoms with Gasteiger partial charge < -0.3 is 20.2 Å². The minimum atomic E-state index is -1.61. The van der Waals surface area contributed by atoms with Crippen LogP contribution in [0.4, 0.5) is 5.69 Å². The summed E-state index contributed by atoms with van der Waals surface area (Å²) in [5.74, 6) is -1.63. The van der Waals surface area contributed by atoms with E-state index in [0.29, 0.717) is 5.56 Å². The predicted molar refractivity (Wildman–Crippen MR) is 98.8 cm³/mol. The maximum atomic E-state index is 12.2. The van der Waals surface area contributed by atoms with E-state index in [1.807, 2.05) is 6.07 Å². The first-order valence-corrected chi connectivity index (χ1v) is 8.86. The molecular formula is C19H15N3O4S. The quantitative estimate of drug-likeness (QED) is 0.586. The fraction of sp³-hybridized carbons (Fsp3) is 0.105. The van der Waals surface area contributed by atoms with Crippen molar-refractivity contribution in [3.8, 4) is 6.07 Å². The second kappa shape index (κ2) is 7.86. The Hall–Kier alpha value is -3.41. The summed E-state index contributed by atoms with van der Waals surface area (Å²) in [7, 11) is 0. The lowest BCUT2D eigenvalue weighted by Crippen LogP contribution is -2.45. The molecule has 0 saturated heterocycles. The average molecular weight is 381 g/mol. The molecule has 1 atom stereocenters. The van der Waals surface area contributed by atoms with Gasteiger partial charge in [0.1, 0.15) is 11.8 Å². The first-order valence-electron chi connectivity index (χ1n) is 7.92. The average Bonchev–Trinajstić information content (AvgIpc) is 3.40. The molecular weight excluding hydrogens is 366 g/mol. The maximum absolute atomic E-state index is 12.2. The zero-order valence-corrected chi connectivity index (χ0v) is 14.8. The molecule has 0 saturated carbocycles. The molecule has 0 spiro atoms. The Morgan fingerprint density at radius 2 is 2.00 bits per heavy atom. The number of nitriles is 1. The summed E-state index contributed by atoms with van der Waals surface area (Å²) >= 11 is 1.39. The summed E-state index contributed by atoms with van der Waals surface area (Å²) in [4.78, 5) is 24.3. The van der Waals surface area contributed by atoms with Crippen LogP contribution in [0.3, 0.4) is 0 Å². The normalized spacial score (nSPS) is 12.6. The van der Waals surface area contributed by atoms with Crippen molar-refractivity contribution < 1.29 is 19.1 Å². The van der Waals surface area contributed by atoms with Crippen LogP contribution < -0.4 is 10.6 Å². The number of benzene rings is 1. The lowest BCUT2D eigenvalue weighted by Gasteiger charge is -2.25. The monoisotopic (exact) mass is 381 g/mol. The molecule has 2 heterocycles. The molecule has 0 aliphatic carbocycles. The SMILES string of the molecule is N#Cc1ccccc1NC(=O)C(=O)NC[C@@](O)(c1ccsc1)c1ccco1. The molecule has 7 nitrogen and oxygen atoms in total. The molecule has 8 heteroatoms. The van der Waals surface area contributed by atoms with Crippen molar-refractivity contribution in [1.82, 2.24) is 5.32 Å². The molecule has 0 aliphatic rings. The van der Waals surface area contributed by atoms with Crippen LogP contribution in [0.2, 0.25) is 0 Å². The molecule has 0 bridgehead atoms. The van der Waals surface area contributed by atoms with Gasteiger partial charge in [-0.3, -0.25) is 9.59 Å². The van der Waals surface area contributed by atoms with E-state index in [4.69, 9.17) is 9.68 Å². The van der Waals surface area contributed by atoms with E-state index in [0.717, 1.165) is 0 Å². The molecule has 3 N–H and O–H groups in total. The van der Waals surface area contributed by atoms with Gasteiger partial charge in [0.2, 0.25) is 0 Å². The number of amides is 2. The van der Waals surface area contributed by atoms with Gasteiger partial charge in [0.05, 0.1) is 24.1 Å². The van der Waals surface area contributed by atoms with Gasteiger partial charge in [-0.15, -0.1) is 0 Å². The van der Waals surface area contributed by atoms with E-state index >= 15 is 0 Å². The molecule has 3 rings (SSSR count). The maximum Gasteiger partial charge on any atom is 0.313 e. The van der Waals surface area contributed by atoms with Crippen LogP contribution in [-0.2, 0) is 15.2 Å². The van der Waals surface area contributed by atoms with Crippen LogP contribution in [0.1, 0.15) is 16.9 Å². The minimum absolute atomic E-state index is 0.235. The number of para-hydroxylation sites is 1. The third-order valence-electron chi connectivity index (χ3n) is 3.93. The van der Waals surface area contributed by atoms with E-state index in [2.05, 4.69) is 10.6 Å². The number of anilines is 1. The molecule has 0 unspecified atom stereocenters. The number of furan rings is 1. The van der Waals surface area contributed by atoms with Gasteiger partial charge in [-0.2, -0.15) is 16.6 Å². The highest BCUT2D eigenvalue weighted by Crippen LogP contribution is 2.31. The summed E-state index contributed by atoms with van der Waals surface area (Å²) in [6.45, 7) is -0.261. The van der Waals surface area contributed by atoms with Crippen molar-refractivity contribution in [3.63, 3.8) is 0 Å². The number of thiophene rings is 1. The first kappa shape index (κ1) is 18.4. The highest BCUT2D eigenvalue weighted by molar-refractivity contribution is 7.08. The Morgan fingerprint density at radius 1 is 1.19 bits per heavy atom. The van der Waals surface area contributed by atoms with E-state index < -0.39 is 17.4 Å². The van der Waals surface area contributed by atoms with Crippen molar-refractivity contribution in [2.75, 3.05) is 11.9 Å². The van der Waals surface area contributed by atoms with Crippen LogP contribution in [0.15, 0.2) is 63.9 Å². The molecule has 0 radical (unpaired) electrons. The number of nitrogens with one attached hydrogen (secondary N) is 2. The summed E-state index contributed by atoms with van der Waals surface area (Å²) < 4.78 is 5.31. The van der Waals surface area contributed by atoms with Gasteiger partial charge >= 0.3 is 11.8 Å². The van der Waals surface area contributed by atoms with Crippen LogP contribution in [0, 0.1) is 11.3 Å². The molecule has 3 aromatic rings. The Labute approximate surface area is 158 Å². The minimum Gasteiger partial charge on any atom is -0.466 e. The van der Waals surface area contributed by atoms with Gasteiger partial charge in [-0.1, -0.05) is 12.1 Å². The van der Waals surface area contributed by atoms with Gasteiger partial charge in [0.15, 0.2) is 5.60 Å². The van der Waals surface area contributed by atoms with Crippen molar-refractivity contribution in [2.45, 2.75) is 5.60 Å². The van der Waals surface area contributed by atoms with E-state index in [-0.39, 0.29) is 23.6 Å². The van der Waals surface area contributed by atoms with Gasteiger partial charge in [-0.25, -0.2) is 0 Å². The Kier molecular flexibility index (Phi) is 5.35. The van der Waals surface area contributed by atoms with E-state index in [1.54, 1.807) is 41.1 Å². The number of nitrogens with zero attached hydrogens (tertiary/aromatic N) is 1. The molecule has 136 valence electrons. The second-order valence-electron chi connectivity index (χ2n) is 5.64. The summed E-state index contributed by atoms with van der Waals surface area (Å²) in [5, 5.41) is 28.4. The zero-order chi connectivity index (χ0) is 19.3. The third kappa shape index (κ3) is 3.89. The van der Waals surface area contributed by atoms with E-state index in [9.17, 15) is 14.7 Å². The summed E-state index contributed by atoms with van der Waals surface area (Å²) in [6.07, 6.45) is 1.42. The smallest absolute Gasteiger partial charge is 0.313 e. The number of carbonyl (C=O) groups is 2. The molecule has 2 amide bonds. The summed E-state index contributed by atoms with van der Waals surface area (Å²) in [6, 6.07) is 13.2. The summed E-state index contributed by atoms with van der Waals surface area (Å²) in [5.41, 5.74) is -0.592. The molecule has 1 aromatic carbocycles. The largest absolute Gasteiger partial charge is 0.466 e. The molecule has 0 aliphatic heterocycles. The molecule has 27 heavy (non-hydrogen) atoms. The Bertz CT molecular complexity index is 941. The van der Waals surface area contributed by atoms with Gasteiger partial charge in [-0.05, 0) is 41.1 Å². The topological polar surface area (TPSA) is 115 Å². The Balaban J connectivity index is 1.71. The van der Waals surface area contributed by atoms with Gasteiger partial charge in [0, 0.05) is 5.56 Å². The number of aliphatic hydroxyl groups is 1. The van der Waals surface area contributed by atoms with Crippen molar-refractivity contribution >= 4 is 28.8 Å². The fourth-order valence-corrected chi connectivity index (χ4v) is 3.23. The second-order valence-corrected chi connectivity index (χ2v) is 6.42. The zero-order valence-electron chi connectivity index (χ0n) is 14.0. The van der Waals surface area contributed by atoms with E-state index in [1.165, 1.54) is 29.7 Å². The standard InChI is InChI=1S/C19H15N3O4S/c20-10-13-4-1-2-5-15(13)22-18(24)17(23)21-12-19(25,14-7-9-27-11-14)16-6-3-8-26-16/h1-9,11,25H,12H2,(H,21,23)(H,22,24)/t19-/m1/s1. The lowest BCUT2D eigenvalue weighted by molar-refractivity contribution is -0.136. The fourth-order valence-electron chi connectivity index (χ4n) is 2.50. The lowest BCUT2D eigenvalue weighted by atomic mass is 9.93. The number of carbonyl (C=O) groups excluding carboxylic acids is 2. The predicted octanol–water partition coefficient (Wildman–Crippen LogP) is 2.20. The number of rotatable bonds is 5. The van der Waals surface area contributed by atoms with Crippen LogP contribution in [0.5, 0.6) is 0 Å². The molecule has 2 aromatic heterocycles. The number of hydrogen-bond acceptors (Lipinski definition) is 6. The van der Waals surface area contributed by atoms with Crippen LogP contribution >= 0.6 is 11.3 Å². The van der Waals surface area contributed by atoms with Crippen LogP contribution in [0.25, 0.3) is 0 Å². The highest BCUT2D eigenvalue weighted by atomic mass is 32.1. The van der Waals surface area contributed by atoms with Crippen molar-refractivity contribution in [2.24, 2.45) is 0 Å². The van der Waals surface area contributed by atoms with Gasteiger partial charge in [0.25, 0.3) is 0 Å². The number of hydrogen-bond donors (Lipinski definition) is 3. The third-order valence-corrected chi connectivity index (χ3v) is 4.62. The first-order chi connectivity index (χ1) is 13.0. The molecule has 0 fully saturated rings.